The van der Waals surface area contributed by atoms with Crippen molar-refractivity contribution in [3.05, 3.63) is 33.8 Å². The second-order valence-corrected chi connectivity index (χ2v) is 8.18. The number of carbonyl (C=O) groups is 1. The van der Waals surface area contributed by atoms with Crippen LogP contribution in [0.25, 0.3) is 0 Å². The minimum Gasteiger partial charge on any atom is -0.342 e. The lowest BCUT2D eigenvalue weighted by Crippen LogP contribution is -2.31. The van der Waals surface area contributed by atoms with Crippen LogP contribution in [-0.2, 0) is 11.2 Å². The van der Waals surface area contributed by atoms with Crippen molar-refractivity contribution in [3.63, 3.8) is 0 Å². The summed E-state index contributed by atoms with van der Waals surface area (Å²) in [5.41, 5.74) is 2.83. The first-order valence-electron chi connectivity index (χ1n) is 7.80. The summed E-state index contributed by atoms with van der Waals surface area (Å²) in [4.78, 5) is 14.4. The molecule has 2 rings (SSSR count). The zero-order chi connectivity index (χ0) is 15.6. The largest absolute Gasteiger partial charge is 0.342 e. The Hall–Kier alpha value is -0.830. The number of carbonyl (C=O) groups excluding carboxylic acids is 1. The van der Waals surface area contributed by atoms with Crippen LogP contribution in [0.15, 0.2) is 22.7 Å². The smallest absolute Gasteiger partial charge is 0.222 e. The summed E-state index contributed by atoms with van der Waals surface area (Å²) in [6.45, 7) is 10.8. The first-order valence-corrected chi connectivity index (χ1v) is 8.59. The molecule has 0 N–H and O–H groups in total. The molecule has 1 aromatic rings. The molecular weight excluding hydrogens is 326 g/mol. The number of aryl methyl sites for hydroxylation is 2. The number of halogens is 1. The van der Waals surface area contributed by atoms with Gasteiger partial charge in [-0.2, -0.15) is 0 Å². The number of hydrogen-bond acceptors (Lipinski definition) is 1. The van der Waals surface area contributed by atoms with E-state index in [9.17, 15) is 4.79 Å². The molecule has 1 heterocycles. The van der Waals surface area contributed by atoms with Crippen LogP contribution in [0.5, 0.6) is 0 Å². The molecule has 0 bridgehead atoms. The monoisotopic (exact) mass is 351 g/mol. The highest BCUT2D eigenvalue weighted by Gasteiger charge is 2.33. The third kappa shape index (κ3) is 4.32. The first kappa shape index (κ1) is 16.5. The average molecular weight is 352 g/mol. The maximum absolute atomic E-state index is 12.4. The SMILES string of the molecule is Cc1cc(Br)ccc1CCC(=O)N1CCC(C(C)(C)C)C1. The Balaban J connectivity index is 1.88. The molecule has 0 spiro atoms. The maximum atomic E-state index is 12.4. The number of amides is 1. The van der Waals surface area contributed by atoms with Crippen molar-refractivity contribution in [2.24, 2.45) is 11.3 Å². The Kier molecular flexibility index (Phi) is 5.13. The Labute approximate surface area is 137 Å². The summed E-state index contributed by atoms with van der Waals surface area (Å²) in [6, 6.07) is 6.29. The van der Waals surface area contributed by atoms with Gasteiger partial charge in [-0.15, -0.1) is 0 Å². The fraction of sp³-hybridized carbons (Fsp3) is 0.611. The highest BCUT2D eigenvalue weighted by Crippen LogP contribution is 2.33. The number of benzene rings is 1. The Morgan fingerprint density at radius 1 is 1.38 bits per heavy atom. The fourth-order valence-electron chi connectivity index (χ4n) is 3.03. The van der Waals surface area contributed by atoms with Crippen molar-refractivity contribution in [1.82, 2.24) is 4.90 Å². The molecule has 1 aliphatic rings. The van der Waals surface area contributed by atoms with E-state index in [0.29, 0.717) is 23.7 Å². The van der Waals surface area contributed by atoms with E-state index in [0.717, 1.165) is 30.4 Å². The van der Waals surface area contributed by atoms with Crippen LogP contribution in [0.3, 0.4) is 0 Å². The number of hydrogen-bond donors (Lipinski definition) is 0. The van der Waals surface area contributed by atoms with E-state index < -0.39 is 0 Å². The van der Waals surface area contributed by atoms with Crippen LogP contribution in [0.2, 0.25) is 0 Å². The van der Waals surface area contributed by atoms with Crippen molar-refractivity contribution in [2.75, 3.05) is 13.1 Å². The molecule has 1 fully saturated rings. The summed E-state index contributed by atoms with van der Waals surface area (Å²) in [6.07, 6.45) is 2.61. The molecule has 1 saturated heterocycles. The van der Waals surface area contributed by atoms with E-state index in [4.69, 9.17) is 0 Å². The normalized spacial score (nSPS) is 19.1. The van der Waals surface area contributed by atoms with Gasteiger partial charge in [0.2, 0.25) is 5.91 Å². The first-order chi connectivity index (χ1) is 9.77. The van der Waals surface area contributed by atoms with E-state index in [2.05, 4.69) is 66.7 Å². The lowest BCUT2D eigenvalue weighted by atomic mass is 9.80. The third-order valence-corrected chi connectivity index (χ3v) is 5.17. The number of rotatable bonds is 3. The Morgan fingerprint density at radius 3 is 2.67 bits per heavy atom. The van der Waals surface area contributed by atoms with Crippen LogP contribution >= 0.6 is 15.9 Å². The molecule has 21 heavy (non-hydrogen) atoms. The second kappa shape index (κ2) is 6.51. The number of likely N-dealkylation sites (tertiary alicyclic amines) is 1. The van der Waals surface area contributed by atoms with Crippen molar-refractivity contribution in [3.8, 4) is 0 Å². The molecule has 0 radical (unpaired) electrons. The molecule has 116 valence electrons. The minimum atomic E-state index is 0.303. The zero-order valence-corrected chi connectivity index (χ0v) is 15.2. The Bertz CT molecular complexity index is 518. The summed E-state index contributed by atoms with van der Waals surface area (Å²) in [5, 5.41) is 0. The van der Waals surface area contributed by atoms with Gasteiger partial charge < -0.3 is 4.90 Å². The van der Waals surface area contributed by atoms with Crippen molar-refractivity contribution >= 4 is 21.8 Å². The van der Waals surface area contributed by atoms with E-state index in [1.54, 1.807) is 0 Å². The lowest BCUT2D eigenvalue weighted by molar-refractivity contribution is -0.130. The summed E-state index contributed by atoms with van der Waals surface area (Å²) in [5.74, 6) is 0.944. The standard InChI is InChI=1S/C18H26BrNO/c1-13-11-16(19)7-5-14(13)6-8-17(21)20-10-9-15(12-20)18(2,3)4/h5,7,11,15H,6,8-10,12H2,1-4H3. The molecule has 2 nitrogen and oxygen atoms in total. The molecule has 0 aliphatic carbocycles. The molecule has 1 aromatic carbocycles. The molecule has 3 heteroatoms. The third-order valence-electron chi connectivity index (χ3n) is 4.68. The fourth-order valence-corrected chi connectivity index (χ4v) is 3.51. The van der Waals surface area contributed by atoms with Gasteiger partial charge in [0.25, 0.3) is 0 Å². The van der Waals surface area contributed by atoms with E-state index in [1.807, 2.05) is 0 Å². The summed E-state index contributed by atoms with van der Waals surface area (Å²) < 4.78 is 1.10. The van der Waals surface area contributed by atoms with Gasteiger partial charge in [-0.1, -0.05) is 42.8 Å². The zero-order valence-electron chi connectivity index (χ0n) is 13.6. The minimum absolute atomic E-state index is 0.303. The molecular formula is C18H26BrNO. The van der Waals surface area contributed by atoms with E-state index in [1.165, 1.54) is 11.1 Å². The van der Waals surface area contributed by atoms with Gasteiger partial charge in [0, 0.05) is 24.0 Å². The van der Waals surface area contributed by atoms with Gasteiger partial charge in [0.1, 0.15) is 0 Å². The van der Waals surface area contributed by atoms with Gasteiger partial charge in [0.05, 0.1) is 0 Å². The van der Waals surface area contributed by atoms with Crippen molar-refractivity contribution in [2.45, 2.75) is 47.0 Å². The van der Waals surface area contributed by atoms with Gasteiger partial charge in [-0.25, -0.2) is 0 Å². The highest BCUT2D eigenvalue weighted by atomic mass is 79.9. The van der Waals surface area contributed by atoms with E-state index >= 15 is 0 Å². The summed E-state index contributed by atoms with van der Waals surface area (Å²) in [7, 11) is 0. The van der Waals surface area contributed by atoms with Crippen molar-refractivity contribution in [1.29, 1.82) is 0 Å². The molecule has 1 unspecified atom stereocenters. The van der Waals surface area contributed by atoms with Gasteiger partial charge in [-0.05, 0) is 54.4 Å². The molecule has 1 atom stereocenters. The molecule has 0 saturated carbocycles. The van der Waals surface area contributed by atoms with Crippen LogP contribution < -0.4 is 0 Å². The summed E-state index contributed by atoms with van der Waals surface area (Å²) >= 11 is 3.48. The van der Waals surface area contributed by atoms with E-state index in [-0.39, 0.29) is 0 Å². The second-order valence-electron chi connectivity index (χ2n) is 7.26. The quantitative estimate of drug-likeness (QED) is 0.779. The van der Waals surface area contributed by atoms with Crippen LogP contribution in [0.1, 0.15) is 44.7 Å². The molecule has 0 aromatic heterocycles. The molecule has 1 amide bonds. The lowest BCUT2D eigenvalue weighted by Gasteiger charge is -2.27. The van der Waals surface area contributed by atoms with Gasteiger partial charge in [-0.3, -0.25) is 4.79 Å². The Morgan fingerprint density at radius 2 is 2.10 bits per heavy atom. The number of nitrogens with zero attached hydrogens (tertiary/aromatic N) is 1. The predicted octanol–water partition coefficient (Wildman–Crippen LogP) is 4.58. The highest BCUT2D eigenvalue weighted by molar-refractivity contribution is 9.10. The van der Waals surface area contributed by atoms with Crippen molar-refractivity contribution < 1.29 is 4.79 Å². The van der Waals surface area contributed by atoms with Crippen LogP contribution in [0.4, 0.5) is 0 Å². The van der Waals surface area contributed by atoms with Gasteiger partial charge >= 0.3 is 0 Å². The average Bonchev–Trinajstić information content (AvgIpc) is 2.87. The topological polar surface area (TPSA) is 20.3 Å². The van der Waals surface area contributed by atoms with Gasteiger partial charge in [0.15, 0.2) is 0 Å². The van der Waals surface area contributed by atoms with Crippen LogP contribution in [0, 0.1) is 18.3 Å². The molecule has 1 aliphatic heterocycles. The predicted molar refractivity (Wildman–Crippen MR) is 91.3 cm³/mol. The maximum Gasteiger partial charge on any atom is 0.222 e. The van der Waals surface area contributed by atoms with Crippen LogP contribution in [-0.4, -0.2) is 23.9 Å².